The molecule has 0 aromatic rings. The first-order valence-electron chi connectivity index (χ1n) is 0. The molecule has 0 unspecified atom stereocenters. The van der Waals surface area contributed by atoms with Crippen LogP contribution in [0, 0.1) is 0 Å². The first kappa shape index (κ1) is 30.3. The normalized spacial score (nSPS) is 0. The van der Waals surface area contributed by atoms with Crippen LogP contribution >= 0.6 is 0 Å². The molecule has 3 radical (unpaired) electrons. The second kappa shape index (κ2) is 17.4. The topological polar surface area (TPSA) is 0 Å². The first-order chi connectivity index (χ1) is 0. The summed E-state index contributed by atoms with van der Waals surface area (Å²) in [5, 5.41) is 0. The van der Waals surface area contributed by atoms with Crippen molar-refractivity contribution in [2.45, 2.75) is 0 Å². The quantitative estimate of drug-likeness (QED) is 0.424. The predicted molar refractivity (Wildman–Crippen MR) is 13.7 cm³/mol. The molecule has 0 heterocycles. The molecule has 0 aliphatic rings. The smallest absolute Gasteiger partial charge is 1.00 e. The summed E-state index contributed by atoms with van der Waals surface area (Å²) in [7, 11) is 0. The second-order valence-electron chi connectivity index (χ2n) is 0. The number of hydrogen-bond acceptors (Lipinski definition) is 0. The van der Waals surface area contributed by atoms with Crippen molar-refractivity contribution in [3.63, 3.8) is 0 Å². The Morgan fingerprint density at radius 1 is 1.25 bits per heavy atom. The maximum atomic E-state index is 0. The van der Waals surface area contributed by atoms with Crippen molar-refractivity contribution in [2.24, 2.45) is 0 Å². The molecule has 0 spiro atoms. The van der Waals surface area contributed by atoms with Crippen LogP contribution in [0.15, 0.2) is 0 Å². The zero-order valence-electron chi connectivity index (χ0n) is 4.49. The van der Waals surface area contributed by atoms with Gasteiger partial charge in [0.1, 0.15) is 0 Å². The van der Waals surface area contributed by atoms with Gasteiger partial charge in [0.25, 0.3) is 0 Å². The molecular formula is H2AlMgTiZn. The van der Waals surface area contributed by atoms with Crippen molar-refractivity contribution in [1.82, 2.24) is 0 Å². The number of hydrogen-bond donors (Lipinski definition) is 0. The van der Waals surface area contributed by atoms with Crippen LogP contribution < -0.4 is 0 Å². The Balaban J connectivity index is 0. The summed E-state index contributed by atoms with van der Waals surface area (Å²) in [6.07, 6.45) is 0. The van der Waals surface area contributed by atoms with Crippen molar-refractivity contribution in [3.8, 4) is 0 Å². The van der Waals surface area contributed by atoms with Crippen molar-refractivity contribution >= 4 is 40.4 Å². The van der Waals surface area contributed by atoms with Crippen LogP contribution in [0.1, 0.15) is 2.85 Å². The van der Waals surface area contributed by atoms with Crippen LogP contribution in [0.25, 0.3) is 0 Å². The molecule has 0 saturated heterocycles. The summed E-state index contributed by atoms with van der Waals surface area (Å²) in [6, 6.07) is 0. The molecule has 4 heavy (non-hydrogen) atoms. The third kappa shape index (κ3) is 8.82. The van der Waals surface area contributed by atoms with E-state index in [-0.39, 0.29) is 84.5 Å². The minimum absolute atomic E-state index is 0. The van der Waals surface area contributed by atoms with Gasteiger partial charge in [0.2, 0.25) is 0 Å². The summed E-state index contributed by atoms with van der Waals surface area (Å²) in [5.41, 5.74) is 0. The molecule has 13 valence electrons. The van der Waals surface area contributed by atoms with Crippen LogP contribution in [0.2, 0.25) is 0 Å². The molecule has 0 saturated carbocycles. The van der Waals surface area contributed by atoms with E-state index in [1.807, 2.05) is 0 Å². The molecule has 0 amide bonds. The SMILES string of the molecule is [Al].[H-].[H-].[Mg+2].[Ti].[Zn]. The molecule has 0 bridgehead atoms. The van der Waals surface area contributed by atoms with Crippen LogP contribution in [-0.2, 0) is 41.2 Å². The molecule has 0 N–H and O–H groups in total. The average Bonchev–Trinajstić information content (AvgIpc) is 0. The molecule has 0 aromatic heterocycles. The molecule has 4 heteroatoms. The Morgan fingerprint density at radius 2 is 1.25 bits per heavy atom. The Hall–Kier alpha value is 2.64. The van der Waals surface area contributed by atoms with Crippen molar-refractivity contribution < 1.29 is 44.0 Å². The van der Waals surface area contributed by atoms with Crippen LogP contribution in [0.5, 0.6) is 0 Å². The van der Waals surface area contributed by atoms with Gasteiger partial charge in [0.15, 0.2) is 0 Å². The monoisotopic (exact) mass is 165 g/mol. The van der Waals surface area contributed by atoms with Crippen LogP contribution in [-0.4, -0.2) is 40.4 Å². The van der Waals surface area contributed by atoms with E-state index in [0.29, 0.717) is 0 Å². The van der Waals surface area contributed by atoms with E-state index in [1.54, 1.807) is 0 Å². The molecule has 0 atom stereocenters. The van der Waals surface area contributed by atoms with Gasteiger partial charge in [-0.05, 0) is 0 Å². The van der Waals surface area contributed by atoms with Gasteiger partial charge in [0, 0.05) is 58.6 Å². The van der Waals surface area contributed by atoms with Crippen molar-refractivity contribution in [1.29, 1.82) is 0 Å². The predicted octanol–water partition coefficient (Wildman–Crippen LogP) is -0.542. The second-order valence-corrected chi connectivity index (χ2v) is 0. The van der Waals surface area contributed by atoms with E-state index >= 15 is 0 Å². The maximum Gasteiger partial charge on any atom is 2.00 e. The molecule has 0 aromatic carbocycles. The fraction of sp³-hybridized carbons (Fsp3) is 0. The van der Waals surface area contributed by atoms with E-state index in [9.17, 15) is 0 Å². The summed E-state index contributed by atoms with van der Waals surface area (Å²) in [5.74, 6) is 0. The average molecular weight is 167 g/mol. The van der Waals surface area contributed by atoms with Gasteiger partial charge >= 0.3 is 23.1 Å². The third-order valence-electron chi connectivity index (χ3n) is 0. The maximum absolute atomic E-state index is 0. The Bertz CT molecular complexity index is 13.5. The Kier molecular flexibility index (Phi) is 132. The van der Waals surface area contributed by atoms with E-state index in [2.05, 4.69) is 0 Å². The molecule has 0 fully saturated rings. The Morgan fingerprint density at radius 3 is 1.25 bits per heavy atom. The van der Waals surface area contributed by atoms with E-state index in [1.165, 1.54) is 0 Å². The third-order valence-corrected chi connectivity index (χ3v) is 0. The summed E-state index contributed by atoms with van der Waals surface area (Å²) >= 11 is 0. The molecular weight excluding hydrogens is 165 g/mol. The summed E-state index contributed by atoms with van der Waals surface area (Å²) in [4.78, 5) is 0. The largest absolute Gasteiger partial charge is 2.00 e. The van der Waals surface area contributed by atoms with Gasteiger partial charge in [-0.25, -0.2) is 0 Å². The number of rotatable bonds is 0. The fourth-order valence-electron chi connectivity index (χ4n) is 0. The van der Waals surface area contributed by atoms with Gasteiger partial charge in [-0.15, -0.1) is 0 Å². The van der Waals surface area contributed by atoms with Gasteiger partial charge < -0.3 is 2.85 Å². The van der Waals surface area contributed by atoms with Gasteiger partial charge in [-0.1, -0.05) is 0 Å². The zero-order valence-corrected chi connectivity index (χ0v) is 9.59. The summed E-state index contributed by atoms with van der Waals surface area (Å²) < 4.78 is 0. The van der Waals surface area contributed by atoms with Gasteiger partial charge in [-0.3, -0.25) is 0 Å². The molecule has 0 aliphatic carbocycles. The Labute approximate surface area is 83.4 Å². The fourth-order valence-corrected chi connectivity index (χ4v) is 0. The van der Waals surface area contributed by atoms with Crippen molar-refractivity contribution in [2.75, 3.05) is 0 Å². The molecule has 0 rings (SSSR count). The zero-order chi connectivity index (χ0) is 0. The van der Waals surface area contributed by atoms with E-state index in [0.717, 1.165) is 0 Å². The standard InChI is InChI=1S/Al.Mg.Ti.Zn.2H/q;+2;;;2*-1. The summed E-state index contributed by atoms with van der Waals surface area (Å²) in [6.45, 7) is 0. The van der Waals surface area contributed by atoms with Crippen molar-refractivity contribution in [3.05, 3.63) is 0 Å². The van der Waals surface area contributed by atoms with Gasteiger partial charge in [0.05, 0.1) is 0 Å². The van der Waals surface area contributed by atoms with Gasteiger partial charge in [-0.2, -0.15) is 0 Å². The molecule has 0 aliphatic heterocycles. The van der Waals surface area contributed by atoms with Crippen LogP contribution in [0.3, 0.4) is 0 Å². The van der Waals surface area contributed by atoms with Crippen LogP contribution in [0.4, 0.5) is 0 Å². The first-order valence-corrected chi connectivity index (χ1v) is 0. The molecule has 0 nitrogen and oxygen atoms in total. The minimum atomic E-state index is 0. The van der Waals surface area contributed by atoms with E-state index < -0.39 is 0 Å². The van der Waals surface area contributed by atoms with E-state index in [4.69, 9.17) is 0 Å². The minimum Gasteiger partial charge on any atom is -1.00 e.